The quantitative estimate of drug-likeness (QED) is 0.421. The van der Waals surface area contributed by atoms with Gasteiger partial charge in [-0.15, -0.1) is 0 Å². The fourth-order valence-electron chi connectivity index (χ4n) is 3.40. The zero-order chi connectivity index (χ0) is 22.7. The van der Waals surface area contributed by atoms with Crippen LogP contribution in [-0.2, 0) is 9.59 Å². The first-order valence-corrected chi connectivity index (χ1v) is 11.0. The van der Waals surface area contributed by atoms with E-state index in [0.29, 0.717) is 26.4 Å². The summed E-state index contributed by atoms with van der Waals surface area (Å²) in [5.41, 5.74) is 1.46. The first-order valence-electron chi connectivity index (χ1n) is 9.75. The van der Waals surface area contributed by atoms with Gasteiger partial charge in [0, 0.05) is 11.1 Å². The molecule has 0 unspecified atom stereocenters. The van der Waals surface area contributed by atoms with E-state index in [-0.39, 0.29) is 18.4 Å². The van der Waals surface area contributed by atoms with Gasteiger partial charge in [-0.3, -0.25) is 14.5 Å². The molecule has 1 aliphatic rings. The Labute approximate surface area is 195 Å². The van der Waals surface area contributed by atoms with Crippen LogP contribution in [0.4, 0.5) is 5.69 Å². The molecule has 0 aromatic heterocycles. The van der Waals surface area contributed by atoms with Gasteiger partial charge in [-0.1, -0.05) is 66.4 Å². The fraction of sp³-hybridized carbons (Fsp3) is 0.125. The molecule has 2 amide bonds. The van der Waals surface area contributed by atoms with E-state index in [1.165, 1.54) is 16.7 Å². The van der Waals surface area contributed by atoms with Crippen LogP contribution in [-0.4, -0.2) is 41.8 Å². The highest BCUT2D eigenvalue weighted by Crippen LogP contribution is 2.34. The van der Waals surface area contributed by atoms with Gasteiger partial charge < -0.3 is 14.8 Å². The molecule has 0 radical (unpaired) electrons. The summed E-state index contributed by atoms with van der Waals surface area (Å²) in [6.07, 6.45) is 1.73. The number of amides is 2. The zero-order valence-corrected chi connectivity index (χ0v) is 19.1. The van der Waals surface area contributed by atoms with Crippen molar-refractivity contribution in [3.63, 3.8) is 0 Å². The molecule has 6 nitrogen and oxygen atoms in total. The lowest BCUT2D eigenvalue weighted by molar-refractivity contribution is -0.126. The van der Waals surface area contributed by atoms with Crippen molar-refractivity contribution in [2.45, 2.75) is 0 Å². The molecule has 0 aliphatic carbocycles. The van der Waals surface area contributed by atoms with Crippen molar-refractivity contribution in [2.75, 3.05) is 26.1 Å². The first kappa shape index (κ1) is 21.9. The molecule has 32 heavy (non-hydrogen) atoms. The predicted molar refractivity (Wildman–Crippen MR) is 132 cm³/mol. The second-order valence-electron chi connectivity index (χ2n) is 6.96. The third-order valence-corrected chi connectivity index (χ3v) is 6.32. The van der Waals surface area contributed by atoms with Gasteiger partial charge in [-0.05, 0) is 35.2 Å². The van der Waals surface area contributed by atoms with E-state index in [0.717, 1.165) is 16.3 Å². The standard InChI is InChI=1S/C24H20N2O4S2/c1-29-19-11-10-15(12-20(19)30-2)13-21-23(28)26(24(31)32-21)14-22(27)25-18-9-5-7-16-6-3-4-8-17(16)18/h3-13H,14H2,1-2H3,(H,25,27)/b21-13-. The highest BCUT2D eigenvalue weighted by atomic mass is 32.2. The smallest absolute Gasteiger partial charge is 0.266 e. The number of fused-ring (bicyclic) bond motifs is 1. The molecular weight excluding hydrogens is 444 g/mol. The minimum atomic E-state index is -0.315. The molecule has 1 heterocycles. The number of methoxy groups -OCH3 is 2. The SMILES string of the molecule is COc1ccc(/C=C2\SC(=S)N(CC(=O)Nc3cccc4ccccc34)C2=O)cc1OC. The third kappa shape index (κ3) is 4.46. The minimum absolute atomic E-state index is 0.156. The maximum atomic E-state index is 12.9. The number of hydrogen-bond acceptors (Lipinski definition) is 6. The number of hydrogen-bond donors (Lipinski definition) is 1. The monoisotopic (exact) mass is 464 g/mol. The van der Waals surface area contributed by atoms with Crippen molar-refractivity contribution >= 4 is 62.7 Å². The van der Waals surface area contributed by atoms with Gasteiger partial charge in [-0.25, -0.2) is 0 Å². The normalized spacial score (nSPS) is 14.8. The number of carbonyl (C=O) groups excluding carboxylic acids is 2. The molecule has 162 valence electrons. The zero-order valence-electron chi connectivity index (χ0n) is 17.5. The number of thiocarbonyl (C=S) groups is 1. The van der Waals surface area contributed by atoms with Crippen LogP contribution in [0.5, 0.6) is 11.5 Å². The second kappa shape index (κ2) is 9.42. The van der Waals surface area contributed by atoms with E-state index in [2.05, 4.69) is 5.32 Å². The van der Waals surface area contributed by atoms with Gasteiger partial charge in [0.25, 0.3) is 5.91 Å². The van der Waals surface area contributed by atoms with Crippen molar-refractivity contribution in [2.24, 2.45) is 0 Å². The number of carbonyl (C=O) groups is 2. The number of rotatable bonds is 6. The summed E-state index contributed by atoms with van der Waals surface area (Å²) in [5, 5.41) is 4.85. The molecule has 1 aliphatic heterocycles. The highest BCUT2D eigenvalue weighted by Gasteiger charge is 2.33. The number of thioether (sulfide) groups is 1. The van der Waals surface area contributed by atoms with E-state index >= 15 is 0 Å². The van der Waals surface area contributed by atoms with Crippen molar-refractivity contribution in [3.8, 4) is 11.5 Å². The Hall–Kier alpha value is -3.36. The van der Waals surface area contributed by atoms with E-state index < -0.39 is 0 Å². The van der Waals surface area contributed by atoms with E-state index in [4.69, 9.17) is 21.7 Å². The lowest BCUT2D eigenvalue weighted by Gasteiger charge is -2.15. The predicted octanol–water partition coefficient (Wildman–Crippen LogP) is 4.70. The van der Waals surface area contributed by atoms with E-state index in [9.17, 15) is 9.59 Å². The Bertz CT molecular complexity index is 1250. The van der Waals surface area contributed by atoms with Crippen LogP contribution in [0, 0.1) is 0 Å². The Kier molecular flexibility index (Phi) is 6.43. The number of nitrogens with zero attached hydrogens (tertiary/aromatic N) is 1. The van der Waals surface area contributed by atoms with Gasteiger partial charge in [-0.2, -0.15) is 0 Å². The van der Waals surface area contributed by atoms with Crippen molar-refractivity contribution in [1.82, 2.24) is 4.90 Å². The lowest BCUT2D eigenvalue weighted by Crippen LogP contribution is -2.36. The van der Waals surface area contributed by atoms with E-state index in [1.54, 1.807) is 32.4 Å². The molecule has 4 rings (SSSR count). The third-order valence-electron chi connectivity index (χ3n) is 4.94. The van der Waals surface area contributed by atoms with Gasteiger partial charge in [0.1, 0.15) is 10.9 Å². The Morgan fingerprint density at radius 2 is 1.81 bits per heavy atom. The molecule has 3 aromatic carbocycles. The second-order valence-corrected chi connectivity index (χ2v) is 8.63. The summed E-state index contributed by atoms with van der Waals surface area (Å²) >= 11 is 6.53. The Morgan fingerprint density at radius 3 is 2.59 bits per heavy atom. The van der Waals surface area contributed by atoms with Crippen molar-refractivity contribution in [3.05, 3.63) is 71.1 Å². The molecular formula is C24H20N2O4S2. The molecule has 1 fully saturated rings. The van der Waals surface area contributed by atoms with Crippen LogP contribution in [0.3, 0.4) is 0 Å². The summed E-state index contributed by atoms with van der Waals surface area (Å²) < 4.78 is 10.9. The molecule has 1 N–H and O–H groups in total. The molecule has 0 atom stereocenters. The molecule has 1 saturated heterocycles. The summed E-state index contributed by atoms with van der Waals surface area (Å²) in [6, 6.07) is 18.8. The molecule has 0 bridgehead atoms. The van der Waals surface area contributed by atoms with Gasteiger partial charge >= 0.3 is 0 Å². The van der Waals surface area contributed by atoms with Crippen molar-refractivity contribution < 1.29 is 19.1 Å². The largest absolute Gasteiger partial charge is 0.493 e. The fourth-order valence-corrected chi connectivity index (χ4v) is 4.65. The lowest BCUT2D eigenvalue weighted by atomic mass is 10.1. The number of anilines is 1. The minimum Gasteiger partial charge on any atom is -0.493 e. The van der Waals surface area contributed by atoms with Crippen molar-refractivity contribution in [1.29, 1.82) is 0 Å². The average molecular weight is 465 g/mol. The summed E-state index contributed by atoms with van der Waals surface area (Å²) in [4.78, 5) is 27.4. The van der Waals surface area contributed by atoms with Gasteiger partial charge in [0.2, 0.25) is 5.91 Å². The first-order chi connectivity index (χ1) is 15.5. The van der Waals surface area contributed by atoms with Crippen LogP contribution in [0.15, 0.2) is 65.6 Å². The molecule has 0 spiro atoms. The maximum Gasteiger partial charge on any atom is 0.266 e. The summed E-state index contributed by atoms with van der Waals surface area (Å²) in [5.74, 6) is 0.543. The van der Waals surface area contributed by atoms with Gasteiger partial charge in [0.05, 0.1) is 19.1 Å². The number of benzene rings is 3. The summed E-state index contributed by atoms with van der Waals surface area (Å²) in [7, 11) is 3.11. The maximum absolute atomic E-state index is 12.9. The van der Waals surface area contributed by atoms with E-state index in [1.807, 2.05) is 48.5 Å². The Morgan fingerprint density at radius 1 is 1.06 bits per heavy atom. The van der Waals surface area contributed by atoms with Crippen LogP contribution in [0.2, 0.25) is 0 Å². The molecule has 3 aromatic rings. The number of ether oxygens (including phenoxy) is 2. The van der Waals surface area contributed by atoms with Crippen LogP contribution >= 0.6 is 24.0 Å². The number of nitrogens with one attached hydrogen (secondary N) is 1. The van der Waals surface area contributed by atoms with Crippen LogP contribution in [0.1, 0.15) is 5.56 Å². The highest BCUT2D eigenvalue weighted by molar-refractivity contribution is 8.26. The van der Waals surface area contributed by atoms with Gasteiger partial charge in [0.15, 0.2) is 11.5 Å². The van der Waals surface area contributed by atoms with Crippen LogP contribution < -0.4 is 14.8 Å². The molecule has 8 heteroatoms. The molecule has 0 saturated carbocycles. The topological polar surface area (TPSA) is 67.9 Å². The summed E-state index contributed by atoms with van der Waals surface area (Å²) in [6.45, 7) is -0.156. The Balaban J connectivity index is 1.49. The van der Waals surface area contributed by atoms with Crippen LogP contribution in [0.25, 0.3) is 16.8 Å². The average Bonchev–Trinajstić information content (AvgIpc) is 3.06.